The monoisotopic (exact) mass is 284 g/mol. The summed E-state index contributed by atoms with van der Waals surface area (Å²) in [5, 5.41) is 0. The standard InChI is InChI=1S/C17H8N4O/c22-15-10-6-2-1-5-9(10)13-14(15)21-17-16(20-13)18-11-7-3-4-8-12(11)19-17/h1-8H. The number of fused-ring (bicyclic) bond motifs is 5. The summed E-state index contributed by atoms with van der Waals surface area (Å²) in [6.07, 6.45) is 0. The first kappa shape index (κ1) is 11.4. The van der Waals surface area contributed by atoms with Gasteiger partial charge in [-0.05, 0) is 12.1 Å². The highest BCUT2D eigenvalue weighted by Gasteiger charge is 2.30. The van der Waals surface area contributed by atoms with E-state index in [0.29, 0.717) is 28.2 Å². The molecule has 0 saturated heterocycles. The van der Waals surface area contributed by atoms with E-state index in [0.717, 1.165) is 16.6 Å². The van der Waals surface area contributed by atoms with Crippen LogP contribution < -0.4 is 0 Å². The molecule has 5 rings (SSSR count). The summed E-state index contributed by atoms with van der Waals surface area (Å²) in [5.74, 6) is -0.102. The highest BCUT2D eigenvalue weighted by molar-refractivity contribution is 6.20. The molecule has 0 spiro atoms. The number of ketones is 1. The molecule has 22 heavy (non-hydrogen) atoms. The number of nitrogens with zero attached hydrogens (tertiary/aromatic N) is 4. The average Bonchev–Trinajstić information content (AvgIpc) is 2.84. The largest absolute Gasteiger partial charge is 0.287 e. The fraction of sp³-hybridized carbons (Fsp3) is 0. The van der Waals surface area contributed by atoms with Gasteiger partial charge < -0.3 is 0 Å². The molecule has 0 unspecified atom stereocenters. The maximum atomic E-state index is 12.4. The highest BCUT2D eigenvalue weighted by Crippen LogP contribution is 2.34. The number of benzene rings is 2. The first-order valence-corrected chi connectivity index (χ1v) is 6.90. The minimum Gasteiger partial charge on any atom is -0.287 e. The average molecular weight is 284 g/mol. The van der Waals surface area contributed by atoms with Gasteiger partial charge in [-0.15, -0.1) is 0 Å². The molecule has 0 aliphatic heterocycles. The first-order chi connectivity index (χ1) is 10.8. The van der Waals surface area contributed by atoms with Crippen molar-refractivity contribution in [3.8, 4) is 11.3 Å². The Kier molecular flexibility index (Phi) is 2.04. The minimum atomic E-state index is -0.102. The lowest BCUT2D eigenvalue weighted by molar-refractivity contribution is 0.103. The van der Waals surface area contributed by atoms with Crippen molar-refractivity contribution in [1.29, 1.82) is 0 Å². The van der Waals surface area contributed by atoms with Gasteiger partial charge in [0.25, 0.3) is 0 Å². The zero-order valence-electron chi connectivity index (χ0n) is 11.3. The molecule has 4 aromatic rings. The number of hydrogen-bond acceptors (Lipinski definition) is 5. The molecule has 5 nitrogen and oxygen atoms in total. The van der Waals surface area contributed by atoms with Crippen LogP contribution >= 0.6 is 0 Å². The summed E-state index contributed by atoms with van der Waals surface area (Å²) >= 11 is 0. The lowest BCUT2D eigenvalue weighted by atomic mass is 10.1. The van der Waals surface area contributed by atoms with Gasteiger partial charge in [-0.2, -0.15) is 0 Å². The van der Waals surface area contributed by atoms with E-state index in [9.17, 15) is 4.79 Å². The van der Waals surface area contributed by atoms with Crippen molar-refractivity contribution in [2.45, 2.75) is 0 Å². The Balaban J connectivity index is 1.90. The Labute approximate surface area is 124 Å². The first-order valence-electron chi connectivity index (χ1n) is 6.90. The predicted molar refractivity (Wildman–Crippen MR) is 81.5 cm³/mol. The summed E-state index contributed by atoms with van der Waals surface area (Å²) in [7, 11) is 0. The Hall–Kier alpha value is -3.21. The fourth-order valence-corrected chi connectivity index (χ4v) is 2.81. The lowest BCUT2D eigenvalue weighted by Gasteiger charge is -2.02. The predicted octanol–water partition coefficient (Wildman–Crippen LogP) is 2.78. The van der Waals surface area contributed by atoms with Gasteiger partial charge in [0.05, 0.1) is 11.0 Å². The molecule has 5 heteroatoms. The third kappa shape index (κ3) is 1.39. The summed E-state index contributed by atoms with van der Waals surface area (Å²) in [5.41, 5.74) is 4.77. The number of hydrogen-bond donors (Lipinski definition) is 0. The van der Waals surface area contributed by atoms with Crippen LogP contribution in [0.5, 0.6) is 0 Å². The quantitative estimate of drug-likeness (QED) is 0.409. The molecule has 1 aliphatic rings. The van der Waals surface area contributed by atoms with Crippen molar-refractivity contribution < 1.29 is 4.79 Å². The summed E-state index contributed by atoms with van der Waals surface area (Å²) in [6, 6.07) is 15.0. The van der Waals surface area contributed by atoms with Gasteiger partial charge in [-0.1, -0.05) is 36.4 Å². The van der Waals surface area contributed by atoms with Crippen LogP contribution in [0.1, 0.15) is 16.1 Å². The van der Waals surface area contributed by atoms with Crippen LogP contribution in [0.2, 0.25) is 0 Å². The van der Waals surface area contributed by atoms with E-state index in [2.05, 4.69) is 19.9 Å². The zero-order chi connectivity index (χ0) is 14.7. The molecule has 2 aromatic heterocycles. The topological polar surface area (TPSA) is 68.6 Å². The zero-order valence-corrected chi connectivity index (χ0v) is 11.3. The van der Waals surface area contributed by atoms with Crippen LogP contribution in [0, 0.1) is 0 Å². The number of para-hydroxylation sites is 2. The molecule has 0 radical (unpaired) electrons. The molecule has 102 valence electrons. The van der Waals surface area contributed by atoms with E-state index in [-0.39, 0.29) is 5.78 Å². The van der Waals surface area contributed by atoms with Gasteiger partial charge in [0, 0.05) is 11.1 Å². The smallest absolute Gasteiger partial charge is 0.214 e. The molecule has 2 heterocycles. The Bertz CT molecular complexity index is 1100. The van der Waals surface area contributed by atoms with Gasteiger partial charge in [0.15, 0.2) is 11.3 Å². The number of aromatic nitrogens is 4. The van der Waals surface area contributed by atoms with Gasteiger partial charge in [0.1, 0.15) is 11.4 Å². The molecular weight excluding hydrogens is 276 g/mol. The normalized spacial score (nSPS) is 12.6. The SMILES string of the molecule is O=C1c2ccccc2-c2nc3nc4ccccc4nc3nc21. The highest BCUT2D eigenvalue weighted by atomic mass is 16.1. The van der Waals surface area contributed by atoms with Crippen molar-refractivity contribution in [3.63, 3.8) is 0 Å². The Morgan fingerprint density at radius 2 is 1.14 bits per heavy atom. The number of rotatable bonds is 0. The van der Waals surface area contributed by atoms with Crippen LogP contribution in [0.15, 0.2) is 48.5 Å². The second kappa shape index (κ2) is 3.92. The molecule has 0 fully saturated rings. The van der Waals surface area contributed by atoms with Crippen molar-refractivity contribution in [3.05, 3.63) is 59.8 Å². The number of carbonyl (C=O) groups is 1. The van der Waals surface area contributed by atoms with Crippen LogP contribution in [-0.4, -0.2) is 25.7 Å². The van der Waals surface area contributed by atoms with Gasteiger partial charge in [-0.25, -0.2) is 19.9 Å². The maximum Gasteiger partial charge on any atom is 0.214 e. The second-order valence-electron chi connectivity index (χ2n) is 5.16. The van der Waals surface area contributed by atoms with E-state index in [1.807, 2.05) is 42.5 Å². The van der Waals surface area contributed by atoms with Crippen LogP contribution in [-0.2, 0) is 0 Å². The van der Waals surface area contributed by atoms with Gasteiger partial charge in [0.2, 0.25) is 5.78 Å². The third-order valence-corrected chi connectivity index (χ3v) is 3.84. The fourth-order valence-electron chi connectivity index (χ4n) is 2.81. The molecule has 0 atom stereocenters. The van der Waals surface area contributed by atoms with E-state index >= 15 is 0 Å². The van der Waals surface area contributed by atoms with E-state index < -0.39 is 0 Å². The number of carbonyl (C=O) groups excluding carboxylic acids is 1. The lowest BCUT2D eigenvalue weighted by Crippen LogP contribution is -2.02. The molecule has 0 amide bonds. The maximum absolute atomic E-state index is 12.4. The second-order valence-corrected chi connectivity index (χ2v) is 5.16. The molecule has 0 bridgehead atoms. The molecular formula is C17H8N4O. The summed E-state index contributed by atoms with van der Waals surface area (Å²) in [6.45, 7) is 0. The summed E-state index contributed by atoms with van der Waals surface area (Å²) < 4.78 is 0. The molecule has 2 aromatic carbocycles. The Morgan fingerprint density at radius 1 is 0.591 bits per heavy atom. The summed E-state index contributed by atoms with van der Waals surface area (Å²) in [4.78, 5) is 30.4. The van der Waals surface area contributed by atoms with E-state index in [1.54, 1.807) is 6.07 Å². The van der Waals surface area contributed by atoms with E-state index in [1.165, 1.54) is 0 Å². The molecule has 1 aliphatic carbocycles. The van der Waals surface area contributed by atoms with Crippen molar-refractivity contribution >= 4 is 28.1 Å². The van der Waals surface area contributed by atoms with Crippen LogP contribution in [0.4, 0.5) is 0 Å². The Morgan fingerprint density at radius 3 is 1.82 bits per heavy atom. The van der Waals surface area contributed by atoms with Crippen LogP contribution in [0.25, 0.3) is 33.6 Å². The van der Waals surface area contributed by atoms with Crippen molar-refractivity contribution in [2.24, 2.45) is 0 Å². The van der Waals surface area contributed by atoms with Crippen molar-refractivity contribution in [1.82, 2.24) is 19.9 Å². The molecule has 0 N–H and O–H groups in total. The van der Waals surface area contributed by atoms with Gasteiger partial charge in [-0.3, -0.25) is 4.79 Å². The molecule has 0 saturated carbocycles. The van der Waals surface area contributed by atoms with Gasteiger partial charge >= 0.3 is 0 Å². The minimum absolute atomic E-state index is 0.102. The van der Waals surface area contributed by atoms with Crippen molar-refractivity contribution in [2.75, 3.05) is 0 Å². The third-order valence-electron chi connectivity index (χ3n) is 3.84. The van der Waals surface area contributed by atoms with Crippen LogP contribution in [0.3, 0.4) is 0 Å². The van der Waals surface area contributed by atoms with E-state index in [4.69, 9.17) is 0 Å².